The molecule has 0 radical (unpaired) electrons. The number of oxazole rings is 1. The zero-order chi connectivity index (χ0) is 14.3. The van der Waals surface area contributed by atoms with Gasteiger partial charge in [0.15, 0.2) is 5.58 Å². The lowest BCUT2D eigenvalue weighted by molar-refractivity contribution is 0.555. The van der Waals surface area contributed by atoms with Crippen molar-refractivity contribution in [3.05, 3.63) is 51.5 Å². The Bertz CT molecular complexity index is 851. The first-order valence-electron chi connectivity index (χ1n) is 5.98. The molecule has 0 aliphatic carbocycles. The maximum Gasteiger partial charge on any atom is 0.417 e. The topological polar surface area (TPSA) is 84.0 Å². The standard InChI is InChI=1S/C14H12ClN3O2/c1-7-2-3-8(15)10(4-7)17-11-6-12-13(5-9(11)16)20-14(19)18-12/h2-6,17H,16H2,1H3,(H,18,19). The lowest BCUT2D eigenvalue weighted by Crippen LogP contribution is -1.97. The number of hydrogen-bond acceptors (Lipinski definition) is 4. The molecule has 3 aromatic rings. The van der Waals surface area contributed by atoms with E-state index in [1.165, 1.54) is 0 Å². The van der Waals surface area contributed by atoms with Gasteiger partial charge in [0.2, 0.25) is 0 Å². The highest BCUT2D eigenvalue weighted by atomic mass is 35.5. The minimum atomic E-state index is -0.509. The molecule has 1 heterocycles. The average molecular weight is 290 g/mol. The number of nitrogens with two attached hydrogens (primary N) is 1. The third kappa shape index (κ3) is 2.23. The summed E-state index contributed by atoms with van der Waals surface area (Å²) < 4.78 is 4.95. The van der Waals surface area contributed by atoms with Crippen LogP contribution in [0, 0.1) is 6.92 Å². The van der Waals surface area contributed by atoms with Gasteiger partial charge in [-0.25, -0.2) is 4.79 Å². The van der Waals surface area contributed by atoms with E-state index in [-0.39, 0.29) is 0 Å². The first-order valence-corrected chi connectivity index (χ1v) is 6.36. The van der Waals surface area contributed by atoms with Gasteiger partial charge in [0.1, 0.15) is 0 Å². The van der Waals surface area contributed by atoms with Crippen molar-refractivity contribution < 1.29 is 4.42 Å². The van der Waals surface area contributed by atoms with Crippen molar-refractivity contribution in [1.82, 2.24) is 4.98 Å². The van der Waals surface area contributed by atoms with Crippen molar-refractivity contribution >= 4 is 39.8 Å². The summed E-state index contributed by atoms with van der Waals surface area (Å²) in [6.07, 6.45) is 0. The van der Waals surface area contributed by atoms with E-state index in [2.05, 4.69) is 10.3 Å². The largest absolute Gasteiger partial charge is 0.417 e. The van der Waals surface area contributed by atoms with Crippen molar-refractivity contribution in [2.45, 2.75) is 6.92 Å². The quantitative estimate of drug-likeness (QED) is 0.631. The van der Waals surface area contributed by atoms with Crippen LogP contribution in [0.25, 0.3) is 11.1 Å². The van der Waals surface area contributed by atoms with Gasteiger partial charge in [-0.3, -0.25) is 4.98 Å². The predicted molar refractivity (Wildman–Crippen MR) is 80.7 cm³/mol. The van der Waals surface area contributed by atoms with E-state index < -0.39 is 5.76 Å². The monoisotopic (exact) mass is 289 g/mol. The molecule has 0 unspecified atom stereocenters. The van der Waals surface area contributed by atoms with Gasteiger partial charge in [0.25, 0.3) is 0 Å². The highest BCUT2D eigenvalue weighted by Crippen LogP contribution is 2.31. The second-order valence-corrected chi connectivity index (χ2v) is 4.97. The van der Waals surface area contributed by atoms with E-state index in [1.807, 2.05) is 25.1 Å². The summed E-state index contributed by atoms with van der Waals surface area (Å²) in [4.78, 5) is 13.8. The molecule has 102 valence electrons. The van der Waals surface area contributed by atoms with Gasteiger partial charge in [0.05, 0.1) is 27.6 Å². The van der Waals surface area contributed by atoms with E-state index in [0.717, 1.165) is 11.3 Å². The summed E-state index contributed by atoms with van der Waals surface area (Å²) in [5.74, 6) is -0.509. The average Bonchev–Trinajstić information content (AvgIpc) is 2.73. The number of halogens is 1. The van der Waals surface area contributed by atoms with E-state index in [4.69, 9.17) is 21.8 Å². The summed E-state index contributed by atoms with van der Waals surface area (Å²) >= 11 is 6.14. The molecule has 5 nitrogen and oxygen atoms in total. The lowest BCUT2D eigenvalue weighted by atomic mass is 10.2. The summed E-state index contributed by atoms with van der Waals surface area (Å²) in [6.45, 7) is 1.97. The van der Waals surface area contributed by atoms with Crippen LogP contribution in [0.5, 0.6) is 0 Å². The van der Waals surface area contributed by atoms with Gasteiger partial charge < -0.3 is 15.5 Å². The minimum absolute atomic E-state index is 0.424. The molecule has 0 atom stereocenters. The van der Waals surface area contributed by atoms with Crippen molar-refractivity contribution in [1.29, 1.82) is 0 Å². The van der Waals surface area contributed by atoms with Gasteiger partial charge >= 0.3 is 5.76 Å². The molecule has 0 saturated heterocycles. The third-order valence-electron chi connectivity index (χ3n) is 2.98. The Morgan fingerprint density at radius 3 is 2.85 bits per heavy atom. The van der Waals surface area contributed by atoms with Crippen LogP contribution in [-0.2, 0) is 0 Å². The van der Waals surface area contributed by atoms with Crippen LogP contribution in [0.2, 0.25) is 5.02 Å². The van der Waals surface area contributed by atoms with E-state index in [0.29, 0.717) is 27.5 Å². The number of fused-ring (bicyclic) bond motifs is 1. The Morgan fingerprint density at radius 2 is 2.05 bits per heavy atom. The van der Waals surface area contributed by atoms with Gasteiger partial charge in [-0.2, -0.15) is 0 Å². The van der Waals surface area contributed by atoms with Gasteiger partial charge in [0, 0.05) is 6.07 Å². The molecule has 0 fully saturated rings. The van der Waals surface area contributed by atoms with Crippen LogP contribution < -0.4 is 16.8 Å². The molecular weight excluding hydrogens is 278 g/mol. The Balaban J connectivity index is 2.07. The van der Waals surface area contributed by atoms with Gasteiger partial charge in [-0.15, -0.1) is 0 Å². The molecule has 3 rings (SSSR count). The molecule has 4 N–H and O–H groups in total. The minimum Gasteiger partial charge on any atom is -0.408 e. The van der Waals surface area contributed by atoms with Crippen LogP contribution >= 0.6 is 11.6 Å². The lowest BCUT2D eigenvalue weighted by Gasteiger charge is -2.11. The number of H-pyrrole nitrogens is 1. The van der Waals surface area contributed by atoms with Crippen molar-refractivity contribution in [2.75, 3.05) is 11.1 Å². The summed E-state index contributed by atoms with van der Waals surface area (Å²) in [6, 6.07) is 8.97. The van der Waals surface area contributed by atoms with Crippen LogP contribution in [0.1, 0.15) is 5.56 Å². The molecule has 0 spiro atoms. The molecule has 0 saturated carbocycles. The maximum absolute atomic E-state index is 11.2. The Hall–Kier alpha value is -2.40. The maximum atomic E-state index is 11.2. The number of hydrogen-bond donors (Lipinski definition) is 3. The number of aromatic nitrogens is 1. The Kier molecular flexibility index (Phi) is 2.91. The smallest absolute Gasteiger partial charge is 0.408 e. The van der Waals surface area contributed by atoms with Crippen LogP contribution in [0.15, 0.2) is 39.5 Å². The fraction of sp³-hybridized carbons (Fsp3) is 0.0714. The Morgan fingerprint density at radius 1 is 1.25 bits per heavy atom. The molecule has 0 bridgehead atoms. The first kappa shape index (κ1) is 12.6. The molecule has 0 aliphatic heterocycles. The number of aromatic amines is 1. The van der Waals surface area contributed by atoms with Crippen molar-refractivity contribution in [3.8, 4) is 0 Å². The summed E-state index contributed by atoms with van der Waals surface area (Å²) in [5, 5.41) is 3.76. The van der Waals surface area contributed by atoms with Crippen LogP contribution in [0.3, 0.4) is 0 Å². The number of nitrogen functional groups attached to an aromatic ring is 1. The number of aryl methyl sites for hydroxylation is 1. The second-order valence-electron chi connectivity index (χ2n) is 4.56. The fourth-order valence-electron chi connectivity index (χ4n) is 2.00. The van der Waals surface area contributed by atoms with Crippen molar-refractivity contribution in [2.24, 2.45) is 0 Å². The molecule has 6 heteroatoms. The van der Waals surface area contributed by atoms with Crippen LogP contribution in [-0.4, -0.2) is 4.98 Å². The van der Waals surface area contributed by atoms with Gasteiger partial charge in [-0.05, 0) is 30.7 Å². The zero-order valence-electron chi connectivity index (χ0n) is 10.7. The molecule has 0 aliphatic rings. The first-order chi connectivity index (χ1) is 9.52. The molecule has 2 aromatic carbocycles. The van der Waals surface area contributed by atoms with Gasteiger partial charge in [-0.1, -0.05) is 17.7 Å². The van der Waals surface area contributed by atoms with E-state index in [9.17, 15) is 4.79 Å². The fourth-order valence-corrected chi connectivity index (χ4v) is 2.17. The van der Waals surface area contributed by atoms with E-state index in [1.54, 1.807) is 12.1 Å². The molecular formula is C14H12ClN3O2. The van der Waals surface area contributed by atoms with Crippen molar-refractivity contribution in [3.63, 3.8) is 0 Å². The number of anilines is 3. The number of rotatable bonds is 2. The highest BCUT2D eigenvalue weighted by Gasteiger charge is 2.08. The number of nitrogens with one attached hydrogen (secondary N) is 2. The highest BCUT2D eigenvalue weighted by molar-refractivity contribution is 6.33. The second kappa shape index (κ2) is 4.61. The summed E-state index contributed by atoms with van der Waals surface area (Å²) in [7, 11) is 0. The number of benzene rings is 2. The normalized spacial score (nSPS) is 10.9. The zero-order valence-corrected chi connectivity index (χ0v) is 11.4. The molecule has 20 heavy (non-hydrogen) atoms. The molecule has 1 aromatic heterocycles. The van der Waals surface area contributed by atoms with Crippen LogP contribution in [0.4, 0.5) is 17.1 Å². The Labute approximate surface area is 119 Å². The van der Waals surface area contributed by atoms with E-state index >= 15 is 0 Å². The predicted octanol–water partition coefficient (Wildman–Crippen LogP) is 3.41. The summed E-state index contributed by atoms with van der Waals surface area (Å²) in [5.41, 5.74) is 9.91. The third-order valence-corrected chi connectivity index (χ3v) is 3.31. The molecule has 0 amide bonds. The SMILES string of the molecule is Cc1ccc(Cl)c(Nc2cc3[nH]c(=O)oc3cc2N)c1.